The van der Waals surface area contributed by atoms with Gasteiger partial charge in [-0.1, -0.05) is 30.3 Å². The lowest BCUT2D eigenvalue weighted by Crippen LogP contribution is -2.37. The molecule has 1 heterocycles. The molecule has 1 aliphatic rings. The Morgan fingerprint density at radius 3 is 2.33 bits per heavy atom. The van der Waals surface area contributed by atoms with Gasteiger partial charge in [-0.3, -0.25) is 10.1 Å². The van der Waals surface area contributed by atoms with Crippen molar-refractivity contribution in [3.05, 3.63) is 75.8 Å². The third-order valence-corrected chi connectivity index (χ3v) is 5.33. The average molecular weight is 500 g/mol. The van der Waals surface area contributed by atoms with E-state index in [1.165, 1.54) is 29.2 Å². The van der Waals surface area contributed by atoms with Crippen molar-refractivity contribution >= 4 is 23.8 Å². The predicted octanol–water partition coefficient (Wildman–Crippen LogP) is 3.91. The second kappa shape index (κ2) is 11.5. The van der Waals surface area contributed by atoms with E-state index in [4.69, 9.17) is 14.2 Å². The number of carbonyl (C=O) groups excluding carboxylic acids is 3. The molecule has 2 aromatic rings. The molecule has 0 spiro atoms. The molecule has 11 nitrogen and oxygen atoms in total. The summed E-state index contributed by atoms with van der Waals surface area (Å²) in [6.45, 7) is 5.68. The van der Waals surface area contributed by atoms with E-state index < -0.39 is 40.7 Å². The van der Waals surface area contributed by atoms with E-state index in [1.807, 2.05) is 30.3 Å². The van der Waals surface area contributed by atoms with Gasteiger partial charge in [-0.2, -0.15) is 0 Å². The zero-order chi connectivity index (χ0) is 26.3. The van der Waals surface area contributed by atoms with E-state index in [9.17, 15) is 24.5 Å². The van der Waals surface area contributed by atoms with Gasteiger partial charge in [-0.25, -0.2) is 14.4 Å². The van der Waals surface area contributed by atoms with Crippen molar-refractivity contribution in [1.29, 1.82) is 0 Å². The van der Waals surface area contributed by atoms with Gasteiger partial charge in [0, 0.05) is 31.1 Å². The number of nitrogens with zero attached hydrogens (tertiary/aromatic N) is 2. The summed E-state index contributed by atoms with van der Waals surface area (Å²) < 4.78 is 16.3. The van der Waals surface area contributed by atoms with E-state index in [0.29, 0.717) is 0 Å². The summed E-state index contributed by atoms with van der Waals surface area (Å²) >= 11 is 0. The van der Waals surface area contributed by atoms with Crippen LogP contribution in [0.2, 0.25) is 0 Å². The Labute approximate surface area is 208 Å². The molecule has 0 aromatic heterocycles. The molecule has 3 rings (SSSR count). The molecule has 1 N–H and O–H groups in total. The smallest absolute Gasteiger partial charge is 0.410 e. The zero-order valence-electron chi connectivity index (χ0n) is 20.3. The summed E-state index contributed by atoms with van der Waals surface area (Å²) in [7, 11) is 0. The van der Waals surface area contributed by atoms with E-state index in [0.717, 1.165) is 5.56 Å². The van der Waals surface area contributed by atoms with Crippen LogP contribution >= 0.6 is 0 Å². The van der Waals surface area contributed by atoms with Crippen molar-refractivity contribution in [1.82, 2.24) is 10.2 Å². The Morgan fingerprint density at radius 2 is 1.72 bits per heavy atom. The number of nitro benzene ring substituents is 1. The van der Waals surface area contributed by atoms with Crippen molar-refractivity contribution in [3.8, 4) is 0 Å². The van der Waals surface area contributed by atoms with Crippen LogP contribution in [0.15, 0.2) is 54.6 Å². The Bertz CT molecular complexity index is 1080. The Kier molecular flexibility index (Phi) is 8.46. The van der Waals surface area contributed by atoms with Gasteiger partial charge in [0.15, 0.2) is 0 Å². The van der Waals surface area contributed by atoms with Crippen LogP contribution in [0.4, 0.5) is 15.3 Å². The van der Waals surface area contributed by atoms with Crippen molar-refractivity contribution < 1.29 is 33.5 Å². The Hall–Kier alpha value is -4.15. The number of alkyl carbamates (subject to hydrolysis) is 1. The topological polar surface area (TPSA) is 137 Å². The standard InChI is InChI=1S/C25H29N3O8/c1-25(2,3)36-24(31)27-14-19(13-26-23(30)34-16-17-7-5-4-6-8-17)21(15-27)35-22(29)18-9-11-20(12-10-18)28(32)33/h4-12,19,21H,13-16H2,1-3H3,(H,26,30). The molecule has 0 saturated carbocycles. The highest BCUT2D eigenvalue weighted by Gasteiger charge is 2.40. The molecular formula is C25H29N3O8. The van der Waals surface area contributed by atoms with Gasteiger partial charge < -0.3 is 24.4 Å². The first kappa shape index (κ1) is 26.5. The molecule has 2 amide bonds. The lowest BCUT2D eigenvalue weighted by atomic mass is 10.1. The maximum absolute atomic E-state index is 12.7. The summed E-state index contributed by atoms with van der Waals surface area (Å²) in [6.07, 6.45) is -1.95. The van der Waals surface area contributed by atoms with Gasteiger partial charge >= 0.3 is 18.2 Å². The minimum atomic E-state index is -0.741. The minimum absolute atomic E-state index is 0.0685. The van der Waals surface area contributed by atoms with Crippen LogP contribution in [0.1, 0.15) is 36.7 Å². The molecule has 0 radical (unpaired) electrons. The molecule has 11 heteroatoms. The van der Waals surface area contributed by atoms with E-state index in [1.54, 1.807) is 20.8 Å². The molecule has 192 valence electrons. The normalized spacial score (nSPS) is 17.2. The molecule has 0 bridgehead atoms. The number of rotatable bonds is 7. The van der Waals surface area contributed by atoms with Gasteiger partial charge in [0.05, 0.1) is 17.0 Å². The number of carbonyl (C=O) groups is 3. The van der Waals surface area contributed by atoms with Crippen LogP contribution in [0.5, 0.6) is 0 Å². The van der Waals surface area contributed by atoms with E-state index >= 15 is 0 Å². The first-order valence-electron chi connectivity index (χ1n) is 11.4. The van der Waals surface area contributed by atoms with Crippen LogP contribution in [0.3, 0.4) is 0 Å². The highest BCUT2D eigenvalue weighted by atomic mass is 16.6. The molecular weight excluding hydrogens is 470 g/mol. The largest absolute Gasteiger partial charge is 0.456 e. The van der Waals surface area contributed by atoms with Crippen molar-refractivity contribution in [2.75, 3.05) is 19.6 Å². The van der Waals surface area contributed by atoms with Gasteiger partial charge in [0.25, 0.3) is 5.69 Å². The average Bonchev–Trinajstić information content (AvgIpc) is 3.24. The zero-order valence-corrected chi connectivity index (χ0v) is 20.3. The maximum Gasteiger partial charge on any atom is 0.410 e. The van der Waals surface area contributed by atoms with Gasteiger partial charge in [-0.15, -0.1) is 0 Å². The fourth-order valence-electron chi connectivity index (χ4n) is 3.56. The number of hydrogen-bond acceptors (Lipinski definition) is 8. The van der Waals surface area contributed by atoms with Crippen LogP contribution in [0.25, 0.3) is 0 Å². The number of nitro groups is 1. The van der Waals surface area contributed by atoms with Crippen molar-refractivity contribution in [2.45, 2.75) is 39.1 Å². The number of benzene rings is 2. The predicted molar refractivity (Wildman–Crippen MR) is 128 cm³/mol. The van der Waals surface area contributed by atoms with Gasteiger partial charge in [-0.05, 0) is 38.5 Å². The molecule has 1 fully saturated rings. The fourth-order valence-corrected chi connectivity index (χ4v) is 3.56. The van der Waals surface area contributed by atoms with Crippen LogP contribution in [-0.2, 0) is 20.8 Å². The maximum atomic E-state index is 12.7. The van der Waals surface area contributed by atoms with Gasteiger partial charge in [0.1, 0.15) is 18.3 Å². The number of ether oxygens (including phenoxy) is 3. The minimum Gasteiger partial charge on any atom is -0.456 e. The summed E-state index contributed by atoms with van der Waals surface area (Å²) in [5, 5.41) is 13.5. The van der Waals surface area contributed by atoms with E-state index in [-0.39, 0.29) is 37.5 Å². The number of likely N-dealkylation sites (tertiary alicyclic amines) is 1. The van der Waals surface area contributed by atoms with E-state index in [2.05, 4.69) is 5.32 Å². The molecule has 0 aliphatic carbocycles. The fraction of sp³-hybridized carbons (Fsp3) is 0.400. The third-order valence-electron chi connectivity index (χ3n) is 5.33. The first-order chi connectivity index (χ1) is 17.0. The van der Waals surface area contributed by atoms with Crippen LogP contribution < -0.4 is 5.32 Å². The number of hydrogen-bond donors (Lipinski definition) is 1. The number of nitrogens with one attached hydrogen (secondary N) is 1. The Balaban J connectivity index is 1.63. The van der Waals surface area contributed by atoms with Crippen molar-refractivity contribution in [3.63, 3.8) is 0 Å². The van der Waals surface area contributed by atoms with Crippen LogP contribution in [0, 0.1) is 16.0 Å². The lowest BCUT2D eigenvalue weighted by molar-refractivity contribution is -0.384. The highest BCUT2D eigenvalue weighted by molar-refractivity contribution is 5.89. The first-order valence-corrected chi connectivity index (χ1v) is 11.4. The molecule has 36 heavy (non-hydrogen) atoms. The quantitative estimate of drug-likeness (QED) is 0.262. The molecule has 2 unspecified atom stereocenters. The monoisotopic (exact) mass is 499 g/mol. The summed E-state index contributed by atoms with van der Waals surface area (Å²) in [6, 6.07) is 14.2. The highest BCUT2D eigenvalue weighted by Crippen LogP contribution is 2.24. The number of non-ortho nitro benzene ring substituents is 1. The summed E-state index contributed by atoms with van der Waals surface area (Å²) in [5.74, 6) is -1.12. The second-order valence-corrected chi connectivity index (χ2v) is 9.34. The number of amides is 2. The molecule has 2 aromatic carbocycles. The number of esters is 1. The van der Waals surface area contributed by atoms with Crippen molar-refractivity contribution in [2.24, 2.45) is 5.92 Å². The Morgan fingerprint density at radius 1 is 1.06 bits per heavy atom. The SMILES string of the molecule is CC(C)(C)OC(=O)N1CC(CNC(=O)OCc2ccccc2)C(OC(=O)c2ccc([N+](=O)[O-])cc2)C1. The molecule has 1 saturated heterocycles. The second-order valence-electron chi connectivity index (χ2n) is 9.34. The summed E-state index contributed by atoms with van der Waals surface area (Å²) in [5.41, 5.74) is 0.101. The molecule has 1 aliphatic heterocycles. The lowest BCUT2D eigenvalue weighted by Gasteiger charge is -2.24. The van der Waals surface area contributed by atoms with Crippen LogP contribution in [-0.4, -0.2) is 59.3 Å². The third kappa shape index (κ3) is 7.69. The summed E-state index contributed by atoms with van der Waals surface area (Å²) in [4.78, 5) is 49.2. The van der Waals surface area contributed by atoms with Gasteiger partial charge in [0.2, 0.25) is 0 Å². The molecule has 2 atom stereocenters.